The van der Waals surface area contributed by atoms with Gasteiger partial charge in [-0.15, -0.1) is 0 Å². The van der Waals surface area contributed by atoms with Crippen LogP contribution in [-0.4, -0.2) is 22.2 Å². The summed E-state index contributed by atoms with van der Waals surface area (Å²) < 4.78 is 0. The minimum Gasteiger partial charge on any atom is -0.481 e. The number of carboxylic acids is 2. The molecule has 0 bridgehead atoms. The van der Waals surface area contributed by atoms with E-state index in [1.165, 1.54) is 0 Å². The average molecular weight is 170 g/mol. The minimum atomic E-state index is -0.941. The van der Waals surface area contributed by atoms with Crippen molar-refractivity contribution in [3.8, 4) is 0 Å². The van der Waals surface area contributed by atoms with Crippen LogP contribution in [-0.2, 0) is 9.59 Å². The molecule has 0 amide bonds. The van der Waals surface area contributed by atoms with Gasteiger partial charge in [-0.05, 0) is 24.7 Å². The maximum Gasteiger partial charge on any atom is 0.307 e. The van der Waals surface area contributed by atoms with Crippen molar-refractivity contribution in [3.05, 3.63) is 0 Å². The third kappa shape index (κ3) is 0.722. The molecule has 2 fully saturated rings. The van der Waals surface area contributed by atoms with E-state index in [1.54, 1.807) is 0 Å². The highest BCUT2D eigenvalue weighted by molar-refractivity contribution is 5.83. The van der Waals surface area contributed by atoms with E-state index < -0.39 is 23.8 Å². The molecule has 0 spiro atoms. The Hall–Kier alpha value is -1.06. The fourth-order valence-corrected chi connectivity index (χ4v) is 2.50. The van der Waals surface area contributed by atoms with E-state index in [2.05, 4.69) is 0 Å². The summed E-state index contributed by atoms with van der Waals surface area (Å²) in [5, 5.41) is 17.4. The third-order valence-electron chi connectivity index (χ3n) is 3.26. The zero-order valence-corrected chi connectivity index (χ0v) is 6.43. The van der Waals surface area contributed by atoms with Crippen molar-refractivity contribution >= 4 is 11.9 Å². The molecule has 0 aliphatic heterocycles. The molecule has 12 heavy (non-hydrogen) atoms. The second-order valence-corrected chi connectivity index (χ2v) is 3.63. The van der Waals surface area contributed by atoms with Crippen LogP contribution in [0.25, 0.3) is 0 Å². The van der Waals surface area contributed by atoms with E-state index in [0.29, 0.717) is 0 Å². The molecule has 4 nitrogen and oxygen atoms in total. The average Bonchev–Trinajstić information content (AvgIpc) is 1.91. The number of rotatable bonds is 2. The van der Waals surface area contributed by atoms with Crippen molar-refractivity contribution < 1.29 is 19.8 Å². The minimum absolute atomic E-state index is 0.156. The van der Waals surface area contributed by atoms with Crippen LogP contribution < -0.4 is 0 Å². The summed E-state index contributed by atoms with van der Waals surface area (Å²) in [6.07, 6.45) is 1.79. The molecule has 0 aromatic rings. The zero-order valence-electron chi connectivity index (χ0n) is 6.43. The molecular formula is C8H10O4. The largest absolute Gasteiger partial charge is 0.481 e. The Kier molecular flexibility index (Phi) is 1.40. The molecule has 2 saturated carbocycles. The van der Waals surface area contributed by atoms with Gasteiger partial charge in [-0.1, -0.05) is 0 Å². The predicted molar refractivity (Wildman–Crippen MR) is 38.5 cm³/mol. The van der Waals surface area contributed by atoms with E-state index in [0.717, 1.165) is 12.8 Å². The van der Waals surface area contributed by atoms with Gasteiger partial charge in [0, 0.05) is 0 Å². The number of hydrogen-bond acceptors (Lipinski definition) is 2. The van der Waals surface area contributed by atoms with Gasteiger partial charge in [-0.25, -0.2) is 0 Å². The van der Waals surface area contributed by atoms with Crippen LogP contribution in [0.2, 0.25) is 0 Å². The molecule has 2 aliphatic carbocycles. The zero-order chi connectivity index (χ0) is 8.88. The van der Waals surface area contributed by atoms with Crippen LogP contribution in [0.15, 0.2) is 0 Å². The smallest absolute Gasteiger partial charge is 0.307 e. The Balaban J connectivity index is 2.12. The van der Waals surface area contributed by atoms with Gasteiger partial charge in [0.25, 0.3) is 0 Å². The van der Waals surface area contributed by atoms with Crippen LogP contribution in [0, 0.1) is 23.7 Å². The van der Waals surface area contributed by atoms with E-state index >= 15 is 0 Å². The summed E-state index contributed by atoms with van der Waals surface area (Å²) in [6.45, 7) is 0. The topological polar surface area (TPSA) is 74.6 Å². The fraction of sp³-hybridized carbons (Fsp3) is 0.750. The Labute approximate surface area is 69.2 Å². The number of carboxylic acid groups (broad SMARTS) is 2. The third-order valence-corrected chi connectivity index (χ3v) is 3.26. The van der Waals surface area contributed by atoms with E-state index in [9.17, 15) is 9.59 Å². The first-order chi connectivity index (χ1) is 5.63. The second-order valence-electron chi connectivity index (χ2n) is 3.63. The number of aliphatic carboxylic acids is 2. The molecule has 2 N–H and O–H groups in total. The van der Waals surface area contributed by atoms with Crippen LogP contribution >= 0.6 is 0 Å². The lowest BCUT2D eigenvalue weighted by molar-refractivity contribution is -0.187. The molecule has 0 heterocycles. The molecule has 4 unspecified atom stereocenters. The van der Waals surface area contributed by atoms with E-state index in [1.807, 2.05) is 0 Å². The van der Waals surface area contributed by atoms with Gasteiger partial charge in [0.15, 0.2) is 0 Å². The maximum atomic E-state index is 10.6. The van der Waals surface area contributed by atoms with Gasteiger partial charge in [0.05, 0.1) is 11.8 Å². The molecule has 0 aromatic heterocycles. The summed E-state index contributed by atoms with van der Waals surface area (Å²) >= 11 is 0. The molecule has 0 aromatic carbocycles. The Morgan fingerprint density at radius 1 is 0.917 bits per heavy atom. The fourth-order valence-electron chi connectivity index (χ4n) is 2.50. The molecule has 4 heteroatoms. The lowest BCUT2D eigenvalue weighted by Gasteiger charge is -2.55. The summed E-state index contributed by atoms with van der Waals surface area (Å²) in [4.78, 5) is 21.2. The van der Waals surface area contributed by atoms with Gasteiger partial charge >= 0.3 is 11.9 Å². The summed E-state index contributed by atoms with van der Waals surface area (Å²) in [5.41, 5.74) is 0. The first-order valence-corrected chi connectivity index (χ1v) is 4.08. The van der Waals surface area contributed by atoms with Crippen LogP contribution in [0.3, 0.4) is 0 Å². The molecular weight excluding hydrogens is 160 g/mol. The van der Waals surface area contributed by atoms with Crippen molar-refractivity contribution in [2.75, 3.05) is 0 Å². The Morgan fingerprint density at radius 2 is 1.25 bits per heavy atom. The van der Waals surface area contributed by atoms with Crippen LogP contribution in [0.4, 0.5) is 0 Å². The SMILES string of the molecule is O=C(O)C1C2CCC2C1C(=O)O. The number of fused-ring (bicyclic) bond motifs is 1. The Bertz CT molecular complexity index is 221. The standard InChI is InChI=1S/C8H10O4/c9-7(10)5-3-1-2-4(3)6(5)8(11)12/h3-6H,1-2H2,(H,9,10)(H,11,12). The van der Waals surface area contributed by atoms with Crippen molar-refractivity contribution in [3.63, 3.8) is 0 Å². The second kappa shape index (κ2) is 2.21. The lowest BCUT2D eigenvalue weighted by atomic mass is 9.47. The van der Waals surface area contributed by atoms with Crippen molar-refractivity contribution in [1.82, 2.24) is 0 Å². The highest BCUT2D eigenvalue weighted by Crippen LogP contribution is 2.58. The van der Waals surface area contributed by atoms with Gasteiger partial charge < -0.3 is 10.2 Å². The number of carbonyl (C=O) groups is 2. The summed E-state index contributed by atoms with van der Waals surface area (Å²) in [6, 6.07) is 0. The number of hydrogen-bond donors (Lipinski definition) is 2. The van der Waals surface area contributed by atoms with Crippen molar-refractivity contribution in [2.24, 2.45) is 23.7 Å². The highest BCUT2D eigenvalue weighted by Gasteiger charge is 2.61. The maximum absolute atomic E-state index is 10.6. The lowest BCUT2D eigenvalue weighted by Crippen LogP contribution is -2.59. The van der Waals surface area contributed by atoms with E-state index in [4.69, 9.17) is 10.2 Å². The summed E-state index contributed by atoms with van der Waals surface area (Å²) in [7, 11) is 0. The van der Waals surface area contributed by atoms with Crippen LogP contribution in [0.1, 0.15) is 12.8 Å². The van der Waals surface area contributed by atoms with Crippen molar-refractivity contribution in [1.29, 1.82) is 0 Å². The normalized spacial score (nSPS) is 43.7. The molecule has 66 valence electrons. The molecule has 0 saturated heterocycles. The monoisotopic (exact) mass is 170 g/mol. The molecule has 2 rings (SSSR count). The van der Waals surface area contributed by atoms with Gasteiger partial charge in [0.2, 0.25) is 0 Å². The first kappa shape index (κ1) is 7.58. The molecule has 0 radical (unpaired) electrons. The van der Waals surface area contributed by atoms with Crippen molar-refractivity contribution in [2.45, 2.75) is 12.8 Å². The van der Waals surface area contributed by atoms with Crippen LogP contribution in [0.5, 0.6) is 0 Å². The highest BCUT2D eigenvalue weighted by atomic mass is 16.4. The Morgan fingerprint density at radius 3 is 1.42 bits per heavy atom. The first-order valence-electron chi connectivity index (χ1n) is 4.08. The summed E-state index contributed by atoms with van der Waals surface area (Å²) in [5.74, 6) is -2.79. The predicted octanol–water partition coefficient (Wildman–Crippen LogP) is 0.428. The van der Waals surface area contributed by atoms with Gasteiger partial charge in [0.1, 0.15) is 0 Å². The molecule has 4 atom stereocenters. The van der Waals surface area contributed by atoms with Gasteiger partial charge in [-0.2, -0.15) is 0 Å². The molecule has 2 aliphatic rings. The quantitative estimate of drug-likeness (QED) is 0.630. The van der Waals surface area contributed by atoms with Gasteiger partial charge in [-0.3, -0.25) is 9.59 Å². The van der Waals surface area contributed by atoms with E-state index in [-0.39, 0.29) is 11.8 Å².